The summed E-state index contributed by atoms with van der Waals surface area (Å²) >= 11 is 3.29. The molecule has 0 saturated carbocycles. The van der Waals surface area contributed by atoms with E-state index in [1.807, 2.05) is 0 Å². The van der Waals surface area contributed by atoms with Crippen LogP contribution in [0.3, 0.4) is 0 Å². The highest BCUT2D eigenvalue weighted by molar-refractivity contribution is 9.10. The van der Waals surface area contributed by atoms with Crippen molar-refractivity contribution in [2.24, 2.45) is 0 Å². The van der Waals surface area contributed by atoms with E-state index >= 15 is 0 Å². The van der Waals surface area contributed by atoms with Gasteiger partial charge in [0.2, 0.25) is 5.95 Å². The molecular weight excluding hydrogens is 232 g/mol. The molecule has 2 N–H and O–H groups in total. The van der Waals surface area contributed by atoms with Gasteiger partial charge in [-0.25, -0.2) is 9.97 Å². The zero-order chi connectivity index (χ0) is 9.10. The summed E-state index contributed by atoms with van der Waals surface area (Å²) < 4.78 is 0.905. The molecule has 1 atom stereocenters. The maximum Gasteiger partial charge on any atom is 0.222 e. The van der Waals surface area contributed by atoms with Crippen molar-refractivity contribution < 1.29 is 0 Å². The van der Waals surface area contributed by atoms with Crippen LogP contribution in [-0.2, 0) is 0 Å². The SMILES string of the molecule is Brc1cnc(N[C@@H]2CCNC2)nc1. The van der Waals surface area contributed by atoms with Crippen molar-refractivity contribution in [2.75, 3.05) is 18.4 Å². The average molecular weight is 243 g/mol. The summed E-state index contributed by atoms with van der Waals surface area (Å²) in [6.07, 6.45) is 4.63. The van der Waals surface area contributed by atoms with Crippen molar-refractivity contribution in [3.05, 3.63) is 16.9 Å². The van der Waals surface area contributed by atoms with Crippen LogP contribution >= 0.6 is 15.9 Å². The molecule has 1 fully saturated rings. The lowest BCUT2D eigenvalue weighted by Gasteiger charge is -2.09. The van der Waals surface area contributed by atoms with Gasteiger partial charge in [0, 0.05) is 25.0 Å². The second-order valence-electron chi connectivity index (χ2n) is 3.06. The van der Waals surface area contributed by atoms with Crippen molar-refractivity contribution in [3.63, 3.8) is 0 Å². The van der Waals surface area contributed by atoms with Gasteiger partial charge < -0.3 is 10.6 Å². The van der Waals surface area contributed by atoms with E-state index < -0.39 is 0 Å². The molecule has 1 aliphatic heterocycles. The molecule has 0 unspecified atom stereocenters. The zero-order valence-electron chi connectivity index (χ0n) is 7.13. The molecule has 0 aromatic carbocycles. The Balaban J connectivity index is 1.97. The predicted molar refractivity (Wildman–Crippen MR) is 54.6 cm³/mol. The smallest absolute Gasteiger partial charge is 0.222 e. The average Bonchev–Trinajstić information content (AvgIpc) is 2.62. The second kappa shape index (κ2) is 4.02. The van der Waals surface area contributed by atoms with Gasteiger partial charge in [-0.2, -0.15) is 0 Å². The summed E-state index contributed by atoms with van der Waals surface area (Å²) in [4.78, 5) is 8.29. The van der Waals surface area contributed by atoms with Gasteiger partial charge in [0.15, 0.2) is 0 Å². The fraction of sp³-hybridized carbons (Fsp3) is 0.500. The van der Waals surface area contributed by atoms with Gasteiger partial charge in [0.25, 0.3) is 0 Å². The van der Waals surface area contributed by atoms with Crippen LogP contribution in [0.5, 0.6) is 0 Å². The first-order valence-electron chi connectivity index (χ1n) is 4.29. The molecule has 0 bridgehead atoms. The Morgan fingerprint density at radius 3 is 2.85 bits per heavy atom. The van der Waals surface area contributed by atoms with Crippen molar-refractivity contribution >= 4 is 21.9 Å². The third-order valence-corrected chi connectivity index (χ3v) is 2.42. The van der Waals surface area contributed by atoms with Gasteiger partial charge in [-0.1, -0.05) is 0 Å². The molecule has 4 nitrogen and oxygen atoms in total. The maximum atomic E-state index is 4.14. The lowest BCUT2D eigenvalue weighted by molar-refractivity contribution is 0.780. The lowest BCUT2D eigenvalue weighted by atomic mass is 10.3. The summed E-state index contributed by atoms with van der Waals surface area (Å²) in [7, 11) is 0. The Morgan fingerprint density at radius 2 is 2.23 bits per heavy atom. The van der Waals surface area contributed by atoms with E-state index in [4.69, 9.17) is 0 Å². The van der Waals surface area contributed by atoms with Crippen molar-refractivity contribution in [1.82, 2.24) is 15.3 Å². The summed E-state index contributed by atoms with van der Waals surface area (Å²) in [5.41, 5.74) is 0. The number of halogens is 1. The van der Waals surface area contributed by atoms with Crippen LogP contribution in [0.2, 0.25) is 0 Å². The summed E-state index contributed by atoms with van der Waals surface area (Å²) in [6, 6.07) is 0.473. The summed E-state index contributed by atoms with van der Waals surface area (Å²) in [5.74, 6) is 0.705. The van der Waals surface area contributed by atoms with Gasteiger partial charge in [0.05, 0.1) is 4.47 Å². The third kappa shape index (κ3) is 2.38. The van der Waals surface area contributed by atoms with Crippen LogP contribution in [0.4, 0.5) is 5.95 Å². The van der Waals surface area contributed by atoms with Crippen LogP contribution in [0.1, 0.15) is 6.42 Å². The molecular formula is C8H11BrN4. The fourth-order valence-electron chi connectivity index (χ4n) is 1.35. The molecule has 0 radical (unpaired) electrons. The van der Waals surface area contributed by atoms with Gasteiger partial charge in [0.1, 0.15) is 0 Å². The second-order valence-corrected chi connectivity index (χ2v) is 3.97. The third-order valence-electron chi connectivity index (χ3n) is 2.01. The van der Waals surface area contributed by atoms with Crippen molar-refractivity contribution in [1.29, 1.82) is 0 Å². The number of nitrogens with zero attached hydrogens (tertiary/aromatic N) is 2. The van der Waals surface area contributed by atoms with E-state index in [2.05, 4.69) is 36.5 Å². The highest BCUT2D eigenvalue weighted by Crippen LogP contribution is 2.09. The molecule has 70 valence electrons. The quantitative estimate of drug-likeness (QED) is 0.814. The number of hydrogen-bond donors (Lipinski definition) is 2. The number of hydrogen-bond acceptors (Lipinski definition) is 4. The number of anilines is 1. The Hall–Kier alpha value is -0.680. The number of rotatable bonds is 2. The molecule has 5 heteroatoms. The van der Waals surface area contributed by atoms with E-state index in [1.165, 1.54) is 0 Å². The molecule has 1 saturated heterocycles. The van der Waals surface area contributed by atoms with Crippen LogP contribution in [0, 0.1) is 0 Å². The highest BCUT2D eigenvalue weighted by Gasteiger charge is 2.14. The first kappa shape index (κ1) is 8.90. The number of aromatic nitrogens is 2. The minimum atomic E-state index is 0.473. The molecule has 1 aliphatic rings. The van der Waals surface area contributed by atoms with E-state index in [-0.39, 0.29) is 0 Å². The normalized spacial score (nSPS) is 21.8. The van der Waals surface area contributed by atoms with Gasteiger partial charge in [-0.05, 0) is 28.9 Å². The first-order valence-corrected chi connectivity index (χ1v) is 5.09. The van der Waals surface area contributed by atoms with Gasteiger partial charge >= 0.3 is 0 Å². The highest BCUT2D eigenvalue weighted by atomic mass is 79.9. The fourth-order valence-corrected chi connectivity index (χ4v) is 1.55. The largest absolute Gasteiger partial charge is 0.350 e. The van der Waals surface area contributed by atoms with Gasteiger partial charge in [-0.3, -0.25) is 0 Å². The topological polar surface area (TPSA) is 49.8 Å². The Kier molecular flexibility index (Phi) is 2.75. The Bertz CT molecular complexity index is 268. The lowest BCUT2D eigenvalue weighted by Crippen LogP contribution is -2.23. The van der Waals surface area contributed by atoms with Gasteiger partial charge in [-0.15, -0.1) is 0 Å². The monoisotopic (exact) mass is 242 g/mol. The van der Waals surface area contributed by atoms with Crippen LogP contribution < -0.4 is 10.6 Å². The zero-order valence-corrected chi connectivity index (χ0v) is 8.71. The minimum Gasteiger partial charge on any atom is -0.350 e. The molecule has 0 aliphatic carbocycles. The molecule has 0 amide bonds. The molecule has 0 spiro atoms. The summed E-state index contributed by atoms with van der Waals surface area (Å²) in [6.45, 7) is 2.08. The van der Waals surface area contributed by atoms with Crippen LogP contribution in [-0.4, -0.2) is 29.1 Å². The van der Waals surface area contributed by atoms with Crippen molar-refractivity contribution in [3.8, 4) is 0 Å². The maximum absolute atomic E-state index is 4.14. The van der Waals surface area contributed by atoms with E-state index in [1.54, 1.807) is 12.4 Å². The van der Waals surface area contributed by atoms with E-state index in [0.717, 1.165) is 24.0 Å². The summed E-state index contributed by atoms with van der Waals surface area (Å²) in [5, 5.41) is 6.54. The molecule has 1 aromatic heterocycles. The van der Waals surface area contributed by atoms with Crippen LogP contribution in [0.15, 0.2) is 16.9 Å². The molecule has 2 rings (SSSR count). The van der Waals surface area contributed by atoms with E-state index in [0.29, 0.717) is 12.0 Å². The number of nitrogens with one attached hydrogen (secondary N) is 2. The minimum absolute atomic E-state index is 0.473. The molecule has 1 aromatic rings. The Labute approximate surface area is 85.3 Å². The Morgan fingerprint density at radius 1 is 1.46 bits per heavy atom. The predicted octanol–water partition coefficient (Wildman–Crippen LogP) is 1.01. The van der Waals surface area contributed by atoms with Crippen molar-refractivity contribution in [2.45, 2.75) is 12.5 Å². The standard InChI is InChI=1S/C8H11BrN4/c9-6-3-11-8(12-4-6)13-7-1-2-10-5-7/h3-4,7,10H,1-2,5H2,(H,11,12,13)/t7-/m1/s1. The van der Waals surface area contributed by atoms with Crippen LogP contribution in [0.25, 0.3) is 0 Å². The molecule has 13 heavy (non-hydrogen) atoms. The first-order chi connectivity index (χ1) is 6.34. The van der Waals surface area contributed by atoms with E-state index in [9.17, 15) is 0 Å². The molecule has 2 heterocycles.